The lowest BCUT2D eigenvalue weighted by Gasteiger charge is -2.19. The Labute approximate surface area is 157 Å². The monoisotopic (exact) mass is 388 g/mol. The van der Waals surface area contributed by atoms with Crippen molar-refractivity contribution in [3.8, 4) is 5.75 Å². The highest BCUT2D eigenvalue weighted by molar-refractivity contribution is 6.21. The molecular formula is C17H22Cl2N2O4. The van der Waals surface area contributed by atoms with Gasteiger partial charge >= 0.3 is 0 Å². The van der Waals surface area contributed by atoms with E-state index in [0.29, 0.717) is 23.7 Å². The maximum atomic E-state index is 12.5. The van der Waals surface area contributed by atoms with Gasteiger partial charge in [0.05, 0.1) is 23.7 Å². The third kappa shape index (κ3) is 6.21. The van der Waals surface area contributed by atoms with Crippen molar-refractivity contribution in [3.63, 3.8) is 0 Å². The molecule has 8 heteroatoms. The predicted octanol–water partition coefficient (Wildman–Crippen LogP) is 2.95. The molecule has 3 amide bonds. The van der Waals surface area contributed by atoms with E-state index >= 15 is 0 Å². The molecule has 1 unspecified atom stereocenters. The maximum absolute atomic E-state index is 12.5. The smallest absolute Gasteiger partial charge is 0.255 e. The Hall–Kier alpha value is -1.79. The summed E-state index contributed by atoms with van der Waals surface area (Å²) in [4.78, 5) is 36.8. The lowest BCUT2D eigenvalue weighted by atomic mass is 10.1. The van der Waals surface area contributed by atoms with Crippen molar-refractivity contribution in [2.75, 3.05) is 24.4 Å². The minimum atomic E-state index is -0.439. The first kappa shape index (κ1) is 21.3. The quantitative estimate of drug-likeness (QED) is 0.694. The molecule has 1 rings (SSSR count). The standard InChI is InChI=1S/C17H22Cl2N2O4/c1-11(22)21(12(2)23)14-6-7-16(25-3)15(9-14)17(24)20-10-13(19)5-4-8-18/h6-7,9,13H,4-5,8,10H2,1-3H3,(H,20,24). The Kier molecular flexibility index (Phi) is 8.72. The number of imide groups is 1. The molecule has 0 aliphatic heterocycles. The number of carbonyl (C=O) groups is 3. The molecule has 0 radical (unpaired) electrons. The van der Waals surface area contributed by atoms with Gasteiger partial charge in [0.15, 0.2) is 0 Å². The molecule has 0 aliphatic rings. The van der Waals surface area contributed by atoms with Crippen LogP contribution in [-0.2, 0) is 9.59 Å². The third-order valence-corrected chi connectivity index (χ3v) is 4.09. The predicted molar refractivity (Wildman–Crippen MR) is 98.8 cm³/mol. The summed E-state index contributed by atoms with van der Waals surface area (Å²) in [5.74, 6) is -0.432. The number of nitrogens with zero attached hydrogens (tertiary/aromatic N) is 1. The molecule has 25 heavy (non-hydrogen) atoms. The van der Waals surface area contributed by atoms with E-state index < -0.39 is 17.7 Å². The van der Waals surface area contributed by atoms with Gasteiger partial charge in [-0.05, 0) is 31.0 Å². The fraction of sp³-hybridized carbons (Fsp3) is 0.471. The van der Waals surface area contributed by atoms with E-state index in [1.807, 2.05) is 0 Å². The number of hydrogen-bond donors (Lipinski definition) is 1. The number of benzene rings is 1. The van der Waals surface area contributed by atoms with Gasteiger partial charge in [-0.2, -0.15) is 0 Å². The van der Waals surface area contributed by atoms with Crippen LogP contribution in [0.2, 0.25) is 0 Å². The summed E-state index contributed by atoms with van der Waals surface area (Å²) in [6.07, 6.45) is 1.45. The molecule has 1 aromatic carbocycles. The normalized spacial score (nSPS) is 11.6. The van der Waals surface area contributed by atoms with Gasteiger partial charge in [-0.25, -0.2) is 0 Å². The Morgan fingerprint density at radius 3 is 2.40 bits per heavy atom. The molecule has 0 spiro atoms. The minimum Gasteiger partial charge on any atom is -0.496 e. The first-order valence-corrected chi connectivity index (χ1v) is 8.76. The SMILES string of the molecule is COc1ccc(N(C(C)=O)C(C)=O)cc1C(=O)NCC(Cl)CCCCl. The highest BCUT2D eigenvalue weighted by Crippen LogP contribution is 2.25. The fourth-order valence-electron chi connectivity index (χ4n) is 2.30. The van der Waals surface area contributed by atoms with Gasteiger partial charge in [-0.15, -0.1) is 23.2 Å². The number of methoxy groups -OCH3 is 1. The summed E-state index contributed by atoms with van der Waals surface area (Å²) in [6.45, 7) is 2.83. The van der Waals surface area contributed by atoms with Gasteiger partial charge in [-0.1, -0.05) is 0 Å². The second-order valence-corrected chi connectivity index (χ2v) is 6.39. The molecule has 0 saturated carbocycles. The molecule has 1 N–H and O–H groups in total. The first-order valence-electron chi connectivity index (χ1n) is 7.79. The number of nitrogens with one attached hydrogen (secondary N) is 1. The van der Waals surface area contributed by atoms with Crippen LogP contribution >= 0.6 is 23.2 Å². The van der Waals surface area contributed by atoms with Crippen molar-refractivity contribution >= 4 is 46.6 Å². The third-order valence-electron chi connectivity index (χ3n) is 3.45. The molecule has 1 atom stereocenters. The van der Waals surface area contributed by atoms with Crippen LogP contribution in [0.3, 0.4) is 0 Å². The summed E-state index contributed by atoms with van der Waals surface area (Å²) >= 11 is 11.7. The van der Waals surface area contributed by atoms with Crippen LogP contribution in [-0.4, -0.2) is 42.6 Å². The first-order chi connectivity index (χ1) is 11.8. The molecule has 0 saturated heterocycles. The van der Waals surface area contributed by atoms with Gasteiger partial charge in [0.1, 0.15) is 5.75 Å². The van der Waals surface area contributed by atoms with Crippen LogP contribution in [0.5, 0.6) is 5.75 Å². The second kappa shape index (κ2) is 10.3. The molecule has 1 aromatic rings. The molecule has 0 aromatic heterocycles. The molecule has 0 heterocycles. The summed E-state index contributed by atoms with van der Waals surface area (Å²) in [6, 6.07) is 4.52. The number of anilines is 1. The van der Waals surface area contributed by atoms with Crippen molar-refractivity contribution in [1.82, 2.24) is 5.32 Å². The van der Waals surface area contributed by atoms with Gasteiger partial charge in [0.2, 0.25) is 11.8 Å². The molecule has 138 valence electrons. The van der Waals surface area contributed by atoms with E-state index in [1.54, 1.807) is 6.07 Å². The number of halogens is 2. The van der Waals surface area contributed by atoms with Crippen molar-refractivity contribution in [2.45, 2.75) is 32.1 Å². The number of ether oxygens (including phenoxy) is 1. The highest BCUT2D eigenvalue weighted by Gasteiger charge is 2.20. The molecule has 0 bridgehead atoms. The van der Waals surface area contributed by atoms with E-state index in [1.165, 1.54) is 33.1 Å². The Balaban J connectivity index is 3.00. The number of alkyl halides is 2. The van der Waals surface area contributed by atoms with E-state index in [4.69, 9.17) is 27.9 Å². The van der Waals surface area contributed by atoms with Crippen LogP contribution < -0.4 is 15.0 Å². The summed E-state index contributed by atoms with van der Waals surface area (Å²) in [5.41, 5.74) is 0.518. The minimum absolute atomic E-state index is 0.216. The van der Waals surface area contributed by atoms with E-state index in [-0.39, 0.29) is 17.5 Å². The number of carbonyl (C=O) groups excluding carboxylic acids is 3. The lowest BCUT2D eigenvalue weighted by molar-refractivity contribution is -0.124. The van der Waals surface area contributed by atoms with Gasteiger partial charge in [0, 0.05) is 26.3 Å². The number of hydrogen-bond acceptors (Lipinski definition) is 4. The van der Waals surface area contributed by atoms with Crippen LogP contribution in [0, 0.1) is 0 Å². The molecular weight excluding hydrogens is 367 g/mol. The van der Waals surface area contributed by atoms with Gasteiger partial charge in [0.25, 0.3) is 5.91 Å². The summed E-state index contributed by atoms with van der Waals surface area (Å²) in [7, 11) is 1.43. The Morgan fingerprint density at radius 2 is 1.88 bits per heavy atom. The average molecular weight is 389 g/mol. The lowest BCUT2D eigenvalue weighted by Crippen LogP contribution is -2.34. The summed E-state index contributed by atoms with van der Waals surface area (Å²) in [5, 5.41) is 2.49. The molecule has 0 fully saturated rings. The van der Waals surface area contributed by atoms with Crippen LogP contribution in [0.1, 0.15) is 37.0 Å². The topological polar surface area (TPSA) is 75.7 Å². The second-order valence-electron chi connectivity index (χ2n) is 5.40. The van der Waals surface area contributed by atoms with Crippen molar-refractivity contribution in [1.29, 1.82) is 0 Å². The van der Waals surface area contributed by atoms with Crippen LogP contribution in [0.15, 0.2) is 18.2 Å². The van der Waals surface area contributed by atoms with Gasteiger partial charge in [-0.3, -0.25) is 19.3 Å². The van der Waals surface area contributed by atoms with Crippen molar-refractivity contribution < 1.29 is 19.1 Å². The van der Waals surface area contributed by atoms with Crippen LogP contribution in [0.4, 0.5) is 5.69 Å². The Bertz CT molecular complexity index is 623. The van der Waals surface area contributed by atoms with Gasteiger partial charge < -0.3 is 10.1 Å². The largest absolute Gasteiger partial charge is 0.496 e. The van der Waals surface area contributed by atoms with Crippen molar-refractivity contribution in [3.05, 3.63) is 23.8 Å². The van der Waals surface area contributed by atoms with E-state index in [2.05, 4.69) is 5.32 Å². The zero-order chi connectivity index (χ0) is 19.0. The summed E-state index contributed by atoms with van der Waals surface area (Å²) < 4.78 is 5.19. The molecule has 6 nitrogen and oxygen atoms in total. The number of amides is 3. The zero-order valence-corrected chi connectivity index (χ0v) is 16.0. The van der Waals surface area contributed by atoms with E-state index in [0.717, 1.165) is 11.3 Å². The Morgan fingerprint density at radius 1 is 1.24 bits per heavy atom. The highest BCUT2D eigenvalue weighted by atomic mass is 35.5. The average Bonchev–Trinajstić information content (AvgIpc) is 2.57. The maximum Gasteiger partial charge on any atom is 0.255 e. The van der Waals surface area contributed by atoms with Crippen LogP contribution in [0.25, 0.3) is 0 Å². The van der Waals surface area contributed by atoms with E-state index in [9.17, 15) is 14.4 Å². The zero-order valence-electron chi connectivity index (χ0n) is 14.5. The fourth-order valence-corrected chi connectivity index (χ4v) is 2.68. The molecule has 0 aliphatic carbocycles. The van der Waals surface area contributed by atoms with Crippen molar-refractivity contribution in [2.24, 2.45) is 0 Å². The number of rotatable bonds is 8.